The minimum absolute atomic E-state index is 0.233. The molecule has 1 aliphatic rings. The molecule has 1 heterocycles. The van der Waals surface area contributed by atoms with Crippen LogP contribution in [0.1, 0.15) is 40.0 Å². The fourth-order valence-corrected chi connectivity index (χ4v) is 1.93. The summed E-state index contributed by atoms with van der Waals surface area (Å²) in [6.45, 7) is 5.99. The van der Waals surface area contributed by atoms with Crippen LogP contribution in [0, 0.1) is 0 Å². The van der Waals surface area contributed by atoms with Gasteiger partial charge in [-0.05, 0) is 40.2 Å². The summed E-state index contributed by atoms with van der Waals surface area (Å²) in [7, 11) is 0. The number of rotatable bonds is 3. The largest absolute Gasteiger partial charge is 0.480 e. The van der Waals surface area contributed by atoms with Crippen LogP contribution in [0.25, 0.3) is 0 Å². The maximum Gasteiger partial charge on any atom is 0.408 e. The Morgan fingerprint density at radius 1 is 1.39 bits per heavy atom. The van der Waals surface area contributed by atoms with E-state index in [-0.39, 0.29) is 6.04 Å². The zero-order valence-corrected chi connectivity index (χ0v) is 11.2. The first-order valence-corrected chi connectivity index (χ1v) is 6.25. The Morgan fingerprint density at radius 3 is 2.50 bits per heavy atom. The van der Waals surface area contributed by atoms with Gasteiger partial charge >= 0.3 is 12.1 Å². The van der Waals surface area contributed by atoms with Gasteiger partial charge in [0.05, 0.1) is 0 Å². The summed E-state index contributed by atoms with van der Waals surface area (Å²) < 4.78 is 5.07. The molecule has 0 radical (unpaired) electrons. The molecule has 0 spiro atoms. The zero-order valence-electron chi connectivity index (χ0n) is 11.2. The van der Waals surface area contributed by atoms with Crippen molar-refractivity contribution in [1.29, 1.82) is 0 Å². The number of alkyl carbamates (subject to hydrolysis) is 1. The van der Waals surface area contributed by atoms with Gasteiger partial charge < -0.3 is 20.5 Å². The van der Waals surface area contributed by atoms with Crippen LogP contribution in [0.4, 0.5) is 4.79 Å². The molecule has 0 aliphatic carbocycles. The highest BCUT2D eigenvalue weighted by atomic mass is 16.6. The lowest BCUT2D eigenvalue weighted by molar-refractivity contribution is -0.140. The highest BCUT2D eigenvalue weighted by Crippen LogP contribution is 2.12. The van der Waals surface area contributed by atoms with Crippen LogP contribution < -0.4 is 10.6 Å². The molecule has 1 amide bonds. The van der Waals surface area contributed by atoms with Gasteiger partial charge in [-0.15, -0.1) is 0 Å². The fraction of sp³-hybridized carbons (Fsp3) is 0.833. The Labute approximate surface area is 107 Å². The van der Waals surface area contributed by atoms with E-state index < -0.39 is 23.7 Å². The molecule has 0 unspecified atom stereocenters. The van der Waals surface area contributed by atoms with Gasteiger partial charge in [0.2, 0.25) is 0 Å². The van der Waals surface area contributed by atoms with Crippen LogP contribution in [-0.2, 0) is 9.53 Å². The maximum absolute atomic E-state index is 11.6. The number of nitrogens with one attached hydrogen (secondary N) is 2. The van der Waals surface area contributed by atoms with E-state index in [1.54, 1.807) is 20.8 Å². The van der Waals surface area contributed by atoms with Crippen molar-refractivity contribution in [2.24, 2.45) is 0 Å². The van der Waals surface area contributed by atoms with E-state index in [1.165, 1.54) is 0 Å². The minimum Gasteiger partial charge on any atom is -0.480 e. The highest BCUT2D eigenvalue weighted by molar-refractivity contribution is 5.80. The highest BCUT2D eigenvalue weighted by Gasteiger charge is 2.31. The van der Waals surface area contributed by atoms with Gasteiger partial charge in [0, 0.05) is 6.04 Å². The molecule has 104 valence electrons. The summed E-state index contributed by atoms with van der Waals surface area (Å²) in [4.78, 5) is 22.8. The quantitative estimate of drug-likeness (QED) is 0.705. The summed E-state index contributed by atoms with van der Waals surface area (Å²) in [5, 5.41) is 14.7. The lowest BCUT2D eigenvalue weighted by atomic mass is 9.98. The van der Waals surface area contributed by atoms with Gasteiger partial charge in [-0.3, -0.25) is 0 Å². The van der Waals surface area contributed by atoms with Crippen LogP contribution in [0.15, 0.2) is 0 Å². The minimum atomic E-state index is -1.04. The second kappa shape index (κ2) is 6.04. The first-order valence-electron chi connectivity index (χ1n) is 6.25. The van der Waals surface area contributed by atoms with Gasteiger partial charge in [-0.1, -0.05) is 6.42 Å². The monoisotopic (exact) mass is 258 g/mol. The molecule has 0 aromatic heterocycles. The lowest BCUT2D eigenvalue weighted by Gasteiger charge is -2.30. The van der Waals surface area contributed by atoms with Crippen molar-refractivity contribution < 1.29 is 19.4 Å². The van der Waals surface area contributed by atoms with Crippen LogP contribution in [0.5, 0.6) is 0 Å². The van der Waals surface area contributed by atoms with E-state index in [1.807, 2.05) is 0 Å². The third-order valence-corrected chi connectivity index (χ3v) is 2.69. The van der Waals surface area contributed by atoms with Gasteiger partial charge in [-0.25, -0.2) is 9.59 Å². The molecule has 18 heavy (non-hydrogen) atoms. The molecule has 1 rings (SSSR count). The number of hydrogen-bond donors (Lipinski definition) is 3. The Hall–Kier alpha value is -1.30. The van der Waals surface area contributed by atoms with Crippen LogP contribution >= 0.6 is 0 Å². The van der Waals surface area contributed by atoms with Gasteiger partial charge in [0.15, 0.2) is 0 Å². The zero-order chi connectivity index (χ0) is 13.8. The van der Waals surface area contributed by atoms with Crippen molar-refractivity contribution in [3.63, 3.8) is 0 Å². The normalized spacial score (nSPS) is 22.1. The molecule has 1 aliphatic heterocycles. The number of hydrogen-bond acceptors (Lipinski definition) is 4. The Morgan fingerprint density at radius 2 is 2.06 bits per heavy atom. The molecule has 0 bridgehead atoms. The summed E-state index contributed by atoms with van der Waals surface area (Å²) in [5.74, 6) is -1.04. The predicted molar refractivity (Wildman–Crippen MR) is 66.4 cm³/mol. The van der Waals surface area contributed by atoms with Crippen LogP contribution in [0.3, 0.4) is 0 Å². The number of carboxylic acids is 1. The standard InChI is InChI=1S/C12H22N2O4/c1-12(2,3)18-11(17)14-9(10(15)16)8-6-4-5-7-13-8/h8-9,13H,4-7H2,1-3H3,(H,14,17)(H,15,16)/t8-,9+/m1/s1. The number of amides is 1. The lowest BCUT2D eigenvalue weighted by Crippen LogP contribution is -2.56. The van der Waals surface area contributed by atoms with Crippen molar-refractivity contribution in [1.82, 2.24) is 10.6 Å². The molecular weight excluding hydrogens is 236 g/mol. The molecule has 0 saturated carbocycles. The topological polar surface area (TPSA) is 87.7 Å². The van der Waals surface area contributed by atoms with Crippen molar-refractivity contribution in [3.8, 4) is 0 Å². The number of carbonyl (C=O) groups is 2. The van der Waals surface area contributed by atoms with E-state index in [9.17, 15) is 9.59 Å². The first-order chi connectivity index (χ1) is 8.29. The molecule has 1 fully saturated rings. The first kappa shape index (κ1) is 14.8. The molecule has 3 N–H and O–H groups in total. The van der Waals surface area contributed by atoms with Gasteiger partial charge in [-0.2, -0.15) is 0 Å². The van der Waals surface area contributed by atoms with Crippen molar-refractivity contribution in [3.05, 3.63) is 0 Å². The molecule has 1 saturated heterocycles. The predicted octanol–water partition coefficient (Wildman–Crippen LogP) is 1.11. The van der Waals surface area contributed by atoms with Crippen molar-refractivity contribution >= 4 is 12.1 Å². The third kappa shape index (κ3) is 4.91. The average molecular weight is 258 g/mol. The second-order valence-electron chi connectivity index (χ2n) is 5.52. The van der Waals surface area contributed by atoms with Crippen molar-refractivity contribution in [2.75, 3.05) is 6.54 Å². The molecule has 2 atom stereocenters. The van der Waals surface area contributed by atoms with Crippen LogP contribution in [-0.4, -0.2) is 41.4 Å². The van der Waals surface area contributed by atoms with Crippen LogP contribution in [0.2, 0.25) is 0 Å². The molecular formula is C12H22N2O4. The van der Waals surface area contributed by atoms with E-state index in [0.717, 1.165) is 25.8 Å². The van der Waals surface area contributed by atoms with Gasteiger partial charge in [0.25, 0.3) is 0 Å². The summed E-state index contributed by atoms with van der Waals surface area (Å²) in [5.41, 5.74) is -0.632. The summed E-state index contributed by atoms with van der Waals surface area (Å²) in [6.07, 6.45) is 2.06. The Balaban J connectivity index is 2.57. The Bertz CT molecular complexity index is 306. The average Bonchev–Trinajstić information content (AvgIpc) is 2.24. The molecule has 6 nitrogen and oxygen atoms in total. The second-order valence-corrected chi connectivity index (χ2v) is 5.52. The summed E-state index contributed by atoms with van der Waals surface area (Å²) >= 11 is 0. The summed E-state index contributed by atoms with van der Waals surface area (Å²) in [6, 6.07) is -1.18. The van der Waals surface area contributed by atoms with E-state index in [0.29, 0.717) is 0 Å². The van der Waals surface area contributed by atoms with Crippen molar-refractivity contribution in [2.45, 2.75) is 57.7 Å². The van der Waals surface area contributed by atoms with E-state index in [2.05, 4.69) is 10.6 Å². The molecule has 0 aromatic carbocycles. The van der Waals surface area contributed by atoms with Gasteiger partial charge in [0.1, 0.15) is 11.6 Å². The molecule has 6 heteroatoms. The number of ether oxygens (including phenoxy) is 1. The number of piperidine rings is 1. The third-order valence-electron chi connectivity index (χ3n) is 2.69. The molecule has 0 aromatic rings. The number of carbonyl (C=O) groups excluding carboxylic acids is 1. The number of aliphatic carboxylic acids is 1. The fourth-order valence-electron chi connectivity index (χ4n) is 1.93. The smallest absolute Gasteiger partial charge is 0.408 e. The van der Waals surface area contributed by atoms with E-state index >= 15 is 0 Å². The SMILES string of the molecule is CC(C)(C)OC(=O)N[C@H](C(=O)O)[C@H]1CCCCN1. The maximum atomic E-state index is 11.6. The number of carboxylic acid groups (broad SMARTS) is 1. The van der Waals surface area contributed by atoms with E-state index in [4.69, 9.17) is 9.84 Å². The Kier molecular flexibility index (Phi) is 4.95.